The summed E-state index contributed by atoms with van der Waals surface area (Å²) in [6.45, 7) is 0. The van der Waals surface area contributed by atoms with Gasteiger partial charge in [0.15, 0.2) is 0 Å². The van der Waals surface area contributed by atoms with Crippen LogP contribution in [0.3, 0.4) is 0 Å². The molecule has 0 aromatic rings. The molecule has 42 valence electrons. The van der Waals surface area contributed by atoms with Crippen molar-refractivity contribution in [2.75, 3.05) is 0 Å². The molecule has 0 radical (unpaired) electrons. The molecule has 0 saturated carbocycles. The van der Waals surface area contributed by atoms with E-state index in [4.69, 9.17) is 17.5 Å². The molecule has 0 aromatic carbocycles. The monoisotopic (exact) mass is 148 g/mol. The van der Waals surface area contributed by atoms with Gasteiger partial charge in [-0.3, -0.25) is 9.11 Å². The Kier molecular flexibility index (Phi) is 23.8. The molecule has 0 aromatic heterocycles. The van der Waals surface area contributed by atoms with Crippen LogP contribution in [0.4, 0.5) is 0 Å². The number of hydrogen-bond acceptors (Lipinski definition) is 2. The van der Waals surface area contributed by atoms with E-state index in [0.717, 1.165) is 0 Å². The normalized spacial score (nSPS) is 7.25. The molecule has 0 saturated heterocycles. The second kappa shape index (κ2) is 8.35. The first-order valence-electron chi connectivity index (χ1n) is 0.698. The second-order valence-corrected chi connectivity index (χ2v) is 1.34. The van der Waals surface area contributed by atoms with E-state index < -0.39 is 10.4 Å². The summed E-state index contributed by atoms with van der Waals surface area (Å²) in [6, 6.07) is 0. The molecule has 0 fully saturated rings. The summed E-state index contributed by atoms with van der Waals surface area (Å²) in [5.41, 5.74) is 0. The van der Waals surface area contributed by atoms with E-state index in [2.05, 4.69) is 0 Å². The van der Waals surface area contributed by atoms with Crippen LogP contribution in [0, 0.1) is 0 Å². The fraction of sp³-hybridized carbons (Fsp3) is 0. The predicted molar refractivity (Wildman–Crippen MR) is 15.3 cm³/mol. The maximum absolute atomic E-state index is 8.74. The van der Waals surface area contributed by atoms with Gasteiger partial charge in [-0.25, -0.2) is 0 Å². The van der Waals surface area contributed by atoms with Gasteiger partial charge in [0, 0.05) is 0 Å². The summed E-state index contributed by atoms with van der Waals surface area (Å²) in [7, 11) is -4.67. The van der Waals surface area contributed by atoms with E-state index in [1.807, 2.05) is 0 Å². The molecule has 0 unspecified atom stereocenters. The van der Waals surface area contributed by atoms with Crippen LogP contribution in [0.5, 0.6) is 0 Å². The number of rotatable bonds is 0. The third kappa shape index (κ3) is 162. The molecule has 0 atom stereocenters. The van der Waals surface area contributed by atoms with E-state index in [-0.39, 0.29) is 51.6 Å². The van der Waals surface area contributed by atoms with E-state index in [1.54, 1.807) is 0 Å². The van der Waals surface area contributed by atoms with Crippen LogP contribution in [0.2, 0.25) is 0 Å². The van der Waals surface area contributed by atoms with Crippen molar-refractivity contribution < 1.29 is 69.1 Å². The van der Waals surface area contributed by atoms with Crippen LogP contribution < -0.4 is 50.1 Å². The third-order valence-corrected chi connectivity index (χ3v) is 0. The summed E-state index contributed by atoms with van der Waals surface area (Å²) in [4.78, 5) is 0. The summed E-state index contributed by atoms with van der Waals surface area (Å²) in [5.74, 6) is 0. The van der Waals surface area contributed by atoms with Gasteiger partial charge in [0.2, 0.25) is 0 Å². The molecule has 8 heteroatoms. The first kappa shape index (κ1) is 22.8. The molecule has 0 bridgehead atoms. The van der Waals surface area contributed by atoms with Gasteiger partial charge in [0.05, 0.1) is 0 Å². The van der Waals surface area contributed by atoms with E-state index in [0.29, 0.717) is 0 Å². The van der Waals surface area contributed by atoms with Crippen molar-refractivity contribution in [3.8, 4) is 0 Å². The Bertz CT molecular complexity index is 102. The molecule has 0 heterocycles. The Hall–Kier alpha value is 1.35. The molecule has 4 nitrogen and oxygen atoms in total. The second-order valence-electron chi connectivity index (χ2n) is 0.448. The van der Waals surface area contributed by atoms with Gasteiger partial charge in [0.25, 0.3) is 0 Å². The van der Waals surface area contributed by atoms with Crippen molar-refractivity contribution in [1.29, 1.82) is 0 Å². The zero-order valence-corrected chi connectivity index (χ0v) is 6.07. The summed E-state index contributed by atoms with van der Waals surface area (Å²) in [6.07, 6.45) is 0. The Morgan fingerprint density at radius 2 is 1.12 bits per heavy atom. The average Bonchev–Trinajstić information content (AvgIpc) is 0.722. The van der Waals surface area contributed by atoms with Gasteiger partial charge in [-0.1, -0.05) is 0 Å². The SMILES string of the molecule is O=S(=O)(O)O.[Cl-].[H-].[Li+].[Li+]. The molecule has 0 aliphatic heterocycles. The fourth-order valence-electron chi connectivity index (χ4n) is 0. The molecule has 0 aliphatic carbocycles. The van der Waals surface area contributed by atoms with Crippen LogP contribution in [0.1, 0.15) is 1.43 Å². The molecule has 0 amide bonds. The zero-order chi connectivity index (χ0) is 4.50. The third-order valence-electron chi connectivity index (χ3n) is 0. The van der Waals surface area contributed by atoms with Crippen LogP contribution in [-0.2, 0) is 10.4 Å². The van der Waals surface area contributed by atoms with Crippen molar-refractivity contribution in [1.82, 2.24) is 0 Å². The zero-order valence-electron chi connectivity index (χ0n) is 5.50. The maximum atomic E-state index is 8.74. The Morgan fingerprint density at radius 1 is 1.12 bits per heavy atom. The quantitative estimate of drug-likeness (QED) is 0.264. The Morgan fingerprint density at radius 3 is 1.12 bits per heavy atom. The van der Waals surface area contributed by atoms with Gasteiger partial charge < -0.3 is 13.8 Å². The first-order valence-corrected chi connectivity index (χ1v) is 2.10. The van der Waals surface area contributed by atoms with Gasteiger partial charge in [-0.15, -0.1) is 0 Å². The van der Waals surface area contributed by atoms with Crippen LogP contribution in [-0.4, -0.2) is 17.5 Å². The van der Waals surface area contributed by atoms with E-state index in [1.165, 1.54) is 0 Å². The van der Waals surface area contributed by atoms with Gasteiger partial charge in [-0.2, -0.15) is 8.42 Å². The summed E-state index contributed by atoms with van der Waals surface area (Å²) < 4.78 is 31.6. The molecular weight excluding hydrogens is 145 g/mol. The standard InChI is InChI=1S/ClH.2Li.H2O4S.H/c;;;1-5(2,3)4;/h1H;;;(H2,1,2,3,4);/q;2*+1;;-1/p-1. The average molecular weight is 148 g/mol. The smallest absolute Gasteiger partial charge is 1.00 e. The minimum Gasteiger partial charge on any atom is -1.00 e. The first-order chi connectivity index (χ1) is 2.00. The molecular formula is H3ClLi2O4S. The Balaban J connectivity index is -0.0000000133. The van der Waals surface area contributed by atoms with Crippen molar-refractivity contribution in [2.45, 2.75) is 0 Å². The number of hydrogen-bond donors (Lipinski definition) is 2. The van der Waals surface area contributed by atoms with Gasteiger partial charge in [0.1, 0.15) is 0 Å². The molecule has 0 aliphatic rings. The summed E-state index contributed by atoms with van der Waals surface area (Å²) >= 11 is 0. The van der Waals surface area contributed by atoms with E-state index >= 15 is 0 Å². The molecule has 2 N–H and O–H groups in total. The molecule has 0 rings (SSSR count). The fourth-order valence-corrected chi connectivity index (χ4v) is 0. The largest absolute Gasteiger partial charge is 1.00 e. The molecule has 0 spiro atoms. The van der Waals surface area contributed by atoms with Crippen molar-refractivity contribution in [3.63, 3.8) is 0 Å². The molecule has 8 heavy (non-hydrogen) atoms. The van der Waals surface area contributed by atoms with Crippen LogP contribution >= 0.6 is 0 Å². The van der Waals surface area contributed by atoms with Crippen molar-refractivity contribution >= 4 is 10.4 Å². The maximum Gasteiger partial charge on any atom is 1.00 e. The van der Waals surface area contributed by atoms with Gasteiger partial charge in [-0.05, 0) is 0 Å². The predicted octanol–water partition coefficient (Wildman–Crippen LogP) is -9.53. The van der Waals surface area contributed by atoms with Crippen molar-refractivity contribution in [2.24, 2.45) is 0 Å². The van der Waals surface area contributed by atoms with Crippen molar-refractivity contribution in [3.05, 3.63) is 0 Å². The van der Waals surface area contributed by atoms with E-state index in [9.17, 15) is 0 Å². The minimum atomic E-state index is -4.67. The summed E-state index contributed by atoms with van der Waals surface area (Å²) in [5, 5.41) is 0. The minimum absolute atomic E-state index is 0. The van der Waals surface area contributed by atoms with Gasteiger partial charge >= 0.3 is 48.1 Å². The number of halogens is 1. The topological polar surface area (TPSA) is 74.6 Å². The van der Waals surface area contributed by atoms with Crippen LogP contribution in [0.15, 0.2) is 0 Å². The van der Waals surface area contributed by atoms with Crippen LogP contribution in [0.25, 0.3) is 0 Å². The Labute approximate surface area is 79.2 Å².